The number of aliphatic carboxylic acids is 1. The Morgan fingerprint density at radius 2 is 1.89 bits per heavy atom. The number of benzene rings is 2. The number of fused-ring (bicyclic) bond motifs is 1. The van der Waals surface area contributed by atoms with Gasteiger partial charge in [0.1, 0.15) is 17.3 Å². The van der Waals surface area contributed by atoms with Gasteiger partial charge >= 0.3 is 5.97 Å². The van der Waals surface area contributed by atoms with Gasteiger partial charge in [0.05, 0.1) is 12.2 Å². The summed E-state index contributed by atoms with van der Waals surface area (Å²) >= 11 is 0. The zero-order valence-electron chi connectivity index (χ0n) is 20.1. The van der Waals surface area contributed by atoms with Gasteiger partial charge < -0.3 is 5.11 Å². The van der Waals surface area contributed by atoms with Crippen LogP contribution < -0.4 is 0 Å². The van der Waals surface area contributed by atoms with Crippen LogP contribution in [-0.4, -0.2) is 44.0 Å². The van der Waals surface area contributed by atoms with Gasteiger partial charge in [-0.15, -0.1) is 0 Å². The second-order valence-electron chi connectivity index (χ2n) is 9.73. The molecule has 0 saturated carbocycles. The molecule has 0 bridgehead atoms. The van der Waals surface area contributed by atoms with Crippen molar-refractivity contribution in [1.82, 2.24) is 14.7 Å². The number of hydrogen-bond acceptors (Lipinski definition) is 3. The second kappa shape index (κ2) is 9.34. The minimum absolute atomic E-state index is 0.0117. The third-order valence-corrected chi connectivity index (χ3v) is 6.24. The molecule has 184 valence electrons. The average molecular weight is 484 g/mol. The summed E-state index contributed by atoms with van der Waals surface area (Å²) in [7, 11) is 1.83. The molecule has 1 aromatic heterocycles. The summed E-state index contributed by atoms with van der Waals surface area (Å²) in [5.41, 5.74) is 1.85. The van der Waals surface area contributed by atoms with Gasteiger partial charge in [0.15, 0.2) is 0 Å². The number of rotatable bonds is 6. The molecule has 1 aliphatic heterocycles. The highest BCUT2D eigenvalue weighted by Gasteiger charge is 2.39. The fourth-order valence-corrected chi connectivity index (χ4v) is 4.80. The van der Waals surface area contributed by atoms with Crippen molar-refractivity contribution >= 4 is 12.0 Å². The van der Waals surface area contributed by atoms with Crippen LogP contribution in [0.15, 0.2) is 48.8 Å². The summed E-state index contributed by atoms with van der Waals surface area (Å²) in [6.07, 6.45) is 6.21. The van der Waals surface area contributed by atoms with Crippen LogP contribution in [0.25, 0.3) is 17.2 Å². The van der Waals surface area contributed by atoms with Gasteiger partial charge in [0.2, 0.25) is 0 Å². The first-order chi connectivity index (χ1) is 16.4. The molecule has 2 heterocycles. The van der Waals surface area contributed by atoms with Crippen molar-refractivity contribution < 1.29 is 23.1 Å². The Kier molecular flexibility index (Phi) is 6.60. The Hall–Kier alpha value is -3.39. The molecule has 2 aromatic carbocycles. The van der Waals surface area contributed by atoms with Crippen LogP contribution in [-0.2, 0) is 18.3 Å². The highest BCUT2D eigenvalue weighted by atomic mass is 19.1. The molecule has 0 radical (unpaired) electrons. The predicted molar refractivity (Wildman–Crippen MR) is 129 cm³/mol. The quantitative estimate of drug-likeness (QED) is 0.468. The molecule has 3 aromatic rings. The topological polar surface area (TPSA) is 58.4 Å². The summed E-state index contributed by atoms with van der Waals surface area (Å²) in [4.78, 5) is 12.6. The number of aryl methyl sites for hydroxylation is 1. The zero-order valence-corrected chi connectivity index (χ0v) is 20.1. The molecule has 8 heteroatoms. The molecule has 35 heavy (non-hydrogen) atoms. The van der Waals surface area contributed by atoms with Gasteiger partial charge in [-0.2, -0.15) is 5.10 Å². The summed E-state index contributed by atoms with van der Waals surface area (Å²) in [5, 5.41) is 13.1. The van der Waals surface area contributed by atoms with Gasteiger partial charge in [-0.25, -0.2) is 18.0 Å². The highest BCUT2D eigenvalue weighted by Crippen LogP contribution is 2.42. The van der Waals surface area contributed by atoms with Crippen molar-refractivity contribution in [2.75, 3.05) is 6.54 Å². The Bertz CT molecular complexity index is 1270. The van der Waals surface area contributed by atoms with E-state index in [9.17, 15) is 9.18 Å². The van der Waals surface area contributed by atoms with Gasteiger partial charge in [0.25, 0.3) is 0 Å². The predicted octanol–water partition coefficient (Wildman–Crippen LogP) is 5.55. The van der Waals surface area contributed by atoms with E-state index >= 15 is 8.78 Å². The normalized spacial score (nSPS) is 18.7. The number of halogens is 3. The van der Waals surface area contributed by atoms with E-state index in [2.05, 4.69) is 5.10 Å². The number of alkyl halides is 1. The molecule has 1 N–H and O–H groups in total. The van der Waals surface area contributed by atoms with E-state index in [1.165, 1.54) is 13.8 Å². The molecule has 0 amide bonds. The molecular formula is C27H28F3N3O2. The average Bonchev–Trinajstić information content (AvgIpc) is 3.19. The van der Waals surface area contributed by atoms with Crippen LogP contribution >= 0.6 is 0 Å². The largest absolute Gasteiger partial charge is 0.478 e. The monoisotopic (exact) mass is 483 g/mol. The minimum Gasteiger partial charge on any atom is -0.478 e. The van der Waals surface area contributed by atoms with Crippen molar-refractivity contribution in [3.8, 4) is 11.1 Å². The standard InChI is InChI=1S/C27H28F3N3O2/c1-16-9-19-12-18(20-13-31-32(4)14-20)6-7-21(19)26(33(16)15-27(2,3)30)25-22(28)10-17(11-23(25)29)5-8-24(34)35/h5-8,10-14,16,26H,9,15H2,1-4H3,(H,34,35)/b8-5+. The summed E-state index contributed by atoms with van der Waals surface area (Å²) in [5.74, 6) is -2.83. The Morgan fingerprint density at radius 1 is 1.20 bits per heavy atom. The molecule has 5 nitrogen and oxygen atoms in total. The number of carboxylic acids is 1. The van der Waals surface area contributed by atoms with Crippen LogP contribution in [0.1, 0.15) is 49.1 Å². The maximum Gasteiger partial charge on any atom is 0.328 e. The molecule has 1 aliphatic rings. The third-order valence-electron chi connectivity index (χ3n) is 6.24. The number of nitrogens with zero attached hydrogens (tertiary/aromatic N) is 3. The van der Waals surface area contributed by atoms with Crippen LogP contribution in [0.5, 0.6) is 0 Å². The lowest BCUT2D eigenvalue weighted by atomic mass is 9.82. The Balaban J connectivity index is 1.86. The van der Waals surface area contributed by atoms with Crippen molar-refractivity contribution in [3.63, 3.8) is 0 Å². The summed E-state index contributed by atoms with van der Waals surface area (Å²) in [6.45, 7) is 4.81. The second-order valence-corrected chi connectivity index (χ2v) is 9.73. The molecule has 4 rings (SSSR count). The Labute approximate surface area is 202 Å². The molecule has 0 fully saturated rings. The van der Waals surface area contributed by atoms with Gasteiger partial charge in [-0.3, -0.25) is 9.58 Å². The van der Waals surface area contributed by atoms with Crippen molar-refractivity contribution in [1.29, 1.82) is 0 Å². The van der Waals surface area contributed by atoms with E-state index in [1.807, 2.05) is 38.4 Å². The van der Waals surface area contributed by atoms with Gasteiger partial charge in [-0.05, 0) is 67.7 Å². The maximum atomic E-state index is 15.4. The molecule has 2 atom stereocenters. The first-order valence-corrected chi connectivity index (χ1v) is 11.4. The fraction of sp³-hybridized carbons (Fsp3) is 0.333. The van der Waals surface area contributed by atoms with E-state index in [4.69, 9.17) is 5.11 Å². The van der Waals surface area contributed by atoms with Gasteiger partial charge in [0, 0.05) is 43.0 Å². The van der Waals surface area contributed by atoms with E-state index in [0.29, 0.717) is 12.0 Å². The molecule has 0 spiro atoms. The number of carbonyl (C=O) groups is 1. The Morgan fingerprint density at radius 3 is 2.46 bits per heavy atom. The summed E-state index contributed by atoms with van der Waals surface area (Å²) in [6, 6.07) is 6.94. The lowest BCUT2D eigenvalue weighted by Crippen LogP contribution is -2.48. The lowest BCUT2D eigenvalue weighted by molar-refractivity contribution is -0.131. The van der Waals surface area contributed by atoms with E-state index in [1.54, 1.807) is 15.8 Å². The van der Waals surface area contributed by atoms with Crippen LogP contribution in [0.2, 0.25) is 0 Å². The van der Waals surface area contributed by atoms with E-state index < -0.39 is 29.3 Å². The summed E-state index contributed by atoms with van der Waals surface area (Å²) < 4.78 is 47.4. The van der Waals surface area contributed by atoms with Crippen molar-refractivity contribution in [2.24, 2.45) is 7.05 Å². The molecular weight excluding hydrogens is 455 g/mol. The molecule has 0 aliphatic carbocycles. The third kappa shape index (κ3) is 5.32. The van der Waals surface area contributed by atoms with Crippen molar-refractivity contribution in [3.05, 3.63) is 82.7 Å². The van der Waals surface area contributed by atoms with E-state index in [-0.39, 0.29) is 23.7 Å². The van der Waals surface area contributed by atoms with Crippen LogP contribution in [0.4, 0.5) is 13.2 Å². The van der Waals surface area contributed by atoms with Crippen molar-refractivity contribution in [2.45, 2.75) is 44.9 Å². The first-order valence-electron chi connectivity index (χ1n) is 11.4. The smallest absolute Gasteiger partial charge is 0.328 e. The van der Waals surface area contributed by atoms with Gasteiger partial charge in [-0.1, -0.05) is 18.2 Å². The number of aromatic nitrogens is 2. The minimum atomic E-state index is -1.59. The fourth-order valence-electron chi connectivity index (χ4n) is 4.80. The zero-order chi connectivity index (χ0) is 25.5. The lowest BCUT2D eigenvalue weighted by Gasteiger charge is -2.44. The SMILES string of the molecule is CC1Cc2cc(-c3cnn(C)c3)ccc2C(c2c(F)cc(/C=C/C(=O)O)cc2F)N1CC(C)(C)F. The van der Waals surface area contributed by atoms with E-state index in [0.717, 1.165) is 41.0 Å². The molecule has 2 unspecified atom stereocenters. The highest BCUT2D eigenvalue weighted by molar-refractivity contribution is 5.85. The van der Waals surface area contributed by atoms with Crippen LogP contribution in [0, 0.1) is 11.6 Å². The first kappa shape index (κ1) is 24.7. The molecule has 0 saturated heterocycles. The van der Waals surface area contributed by atoms with Crippen LogP contribution in [0.3, 0.4) is 0 Å². The number of hydrogen-bond donors (Lipinski definition) is 1. The maximum absolute atomic E-state index is 15.4. The number of carboxylic acid groups (broad SMARTS) is 1.